The summed E-state index contributed by atoms with van der Waals surface area (Å²) in [6, 6.07) is 8.61. The van der Waals surface area contributed by atoms with E-state index in [2.05, 4.69) is 10.6 Å². The summed E-state index contributed by atoms with van der Waals surface area (Å²) in [7, 11) is 0. The molecule has 0 saturated carbocycles. The Bertz CT molecular complexity index is 598. The van der Waals surface area contributed by atoms with Gasteiger partial charge in [-0.15, -0.1) is 0 Å². The van der Waals surface area contributed by atoms with Crippen LogP contribution in [0, 0.1) is 0 Å². The molecule has 1 aliphatic heterocycles. The van der Waals surface area contributed by atoms with Crippen LogP contribution in [0.5, 0.6) is 0 Å². The predicted octanol–water partition coefficient (Wildman–Crippen LogP) is 1.07. The molecule has 0 bridgehead atoms. The number of carbonyl (C=O) groups excluding carboxylic acids is 3. The molecule has 1 aromatic rings. The van der Waals surface area contributed by atoms with Crippen molar-refractivity contribution in [2.45, 2.75) is 26.3 Å². The van der Waals surface area contributed by atoms with Gasteiger partial charge in [-0.3, -0.25) is 9.59 Å². The van der Waals surface area contributed by atoms with Gasteiger partial charge in [-0.1, -0.05) is 18.2 Å². The molecule has 1 heterocycles. The third-order valence-electron chi connectivity index (χ3n) is 4.14. The van der Waals surface area contributed by atoms with E-state index in [0.29, 0.717) is 38.3 Å². The first kappa shape index (κ1) is 18.8. The van der Waals surface area contributed by atoms with Gasteiger partial charge in [-0.2, -0.15) is 0 Å². The van der Waals surface area contributed by atoms with E-state index in [-0.39, 0.29) is 30.3 Å². The second-order valence-electron chi connectivity index (χ2n) is 6.15. The number of hydrogen-bond acceptors (Lipinski definition) is 3. The quantitative estimate of drug-likeness (QED) is 0.837. The Morgan fingerprint density at radius 1 is 1.04 bits per heavy atom. The molecule has 1 atom stereocenters. The molecule has 1 unspecified atom stereocenters. The number of rotatable bonds is 5. The van der Waals surface area contributed by atoms with Gasteiger partial charge < -0.3 is 20.4 Å². The highest BCUT2D eigenvalue weighted by Gasteiger charge is 2.25. The molecule has 0 radical (unpaired) electrons. The third kappa shape index (κ3) is 5.48. The molecule has 7 nitrogen and oxygen atoms in total. The number of benzene rings is 1. The lowest BCUT2D eigenvalue weighted by atomic mass is 10.1. The van der Waals surface area contributed by atoms with Crippen molar-refractivity contribution in [2.75, 3.05) is 32.7 Å². The van der Waals surface area contributed by atoms with Crippen LogP contribution in [0.25, 0.3) is 0 Å². The van der Waals surface area contributed by atoms with Crippen molar-refractivity contribution in [1.29, 1.82) is 0 Å². The summed E-state index contributed by atoms with van der Waals surface area (Å²) < 4.78 is 0. The van der Waals surface area contributed by atoms with Crippen molar-refractivity contribution < 1.29 is 14.4 Å². The van der Waals surface area contributed by atoms with E-state index < -0.39 is 0 Å². The normalized spacial score (nSPS) is 15.4. The van der Waals surface area contributed by atoms with E-state index in [1.165, 1.54) is 0 Å². The second kappa shape index (κ2) is 9.05. The fraction of sp³-hybridized carbons (Fsp3) is 0.500. The summed E-state index contributed by atoms with van der Waals surface area (Å²) >= 11 is 0. The topological polar surface area (TPSA) is 81.8 Å². The highest BCUT2D eigenvalue weighted by Crippen LogP contribution is 2.07. The summed E-state index contributed by atoms with van der Waals surface area (Å²) in [5, 5.41) is 5.61. The molecule has 1 fully saturated rings. The van der Waals surface area contributed by atoms with Gasteiger partial charge in [0.2, 0.25) is 5.91 Å². The largest absolute Gasteiger partial charge is 0.349 e. The first-order valence-corrected chi connectivity index (χ1v) is 8.67. The molecule has 1 aliphatic rings. The van der Waals surface area contributed by atoms with E-state index in [1.807, 2.05) is 19.9 Å². The van der Waals surface area contributed by atoms with Gasteiger partial charge in [-0.25, -0.2) is 4.79 Å². The molecule has 2 rings (SSSR count). The van der Waals surface area contributed by atoms with E-state index >= 15 is 0 Å². The Labute approximate surface area is 148 Å². The van der Waals surface area contributed by atoms with Gasteiger partial charge in [0, 0.05) is 50.7 Å². The number of nitrogens with one attached hydrogen (secondary N) is 2. The van der Waals surface area contributed by atoms with Crippen molar-refractivity contribution in [3.8, 4) is 0 Å². The van der Waals surface area contributed by atoms with Crippen LogP contribution < -0.4 is 10.6 Å². The predicted molar refractivity (Wildman–Crippen MR) is 95.2 cm³/mol. The average Bonchev–Trinajstić information content (AvgIpc) is 2.62. The van der Waals surface area contributed by atoms with Crippen LogP contribution in [0.4, 0.5) is 4.79 Å². The Kier molecular flexibility index (Phi) is 6.80. The fourth-order valence-corrected chi connectivity index (χ4v) is 2.76. The number of amides is 4. The van der Waals surface area contributed by atoms with Crippen LogP contribution in [0.1, 0.15) is 30.6 Å². The van der Waals surface area contributed by atoms with Crippen LogP contribution in [0.2, 0.25) is 0 Å². The number of hydrogen-bond donors (Lipinski definition) is 2. The molecule has 1 aromatic carbocycles. The average molecular weight is 346 g/mol. The Morgan fingerprint density at radius 3 is 2.24 bits per heavy atom. The van der Waals surface area contributed by atoms with Crippen LogP contribution in [0.3, 0.4) is 0 Å². The Balaban J connectivity index is 1.76. The standard InChI is InChI=1S/C18H26N4O3/c1-3-19-18(25)22-11-9-21(10-12-22)16(23)13-14(2)20-17(24)15-7-5-4-6-8-15/h4-8,14H,3,9-13H2,1-2H3,(H,19,25)(H,20,24). The van der Waals surface area contributed by atoms with E-state index in [4.69, 9.17) is 0 Å². The van der Waals surface area contributed by atoms with Crippen molar-refractivity contribution in [3.63, 3.8) is 0 Å². The summed E-state index contributed by atoms with van der Waals surface area (Å²) in [5.41, 5.74) is 0.581. The number of urea groups is 1. The Hall–Kier alpha value is -2.57. The lowest BCUT2D eigenvalue weighted by Gasteiger charge is -2.35. The molecule has 7 heteroatoms. The van der Waals surface area contributed by atoms with Gasteiger partial charge in [0.15, 0.2) is 0 Å². The molecule has 25 heavy (non-hydrogen) atoms. The van der Waals surface area contributed by atoms with Crippen LogP contribution in [-0.4, -0.2) is 66.4 Å². The van der Waals surface area contributed by atoms with Crippen molar-refractivity contribution >= 4 is 17.8 Å². The van der Waals surface area contributed by atoms with Crippen molar-refractivity contribution in [1.82, 2.24) is 20.4 Å². The fourth-order valence-electron chi connectivity index (χ4n) is 2.76. The van der Waals surface area contributed by atoms with Crippen LogP contribution in [-0.2, 0) is 4.79 Å². The smallest absolute Gasteiger partial charge is 0.317 e. The first-order valence-electron chi connectivity index (χ1n) is 8.67. The van der Waals surface area contributed by atoms with E-state index in [9.17, 15) is 14.4 Å². The molecule has 136 valence electrons. The van der Waals surface area contributed by atoms with Gasteiger partial charge in [0.1, 0.15) is 0 Å². The lowest BCUT2D eigenvalue weighted by Crippen LogP contribution is -2.53. The molecule has 2 N–H and O–H groups in total. The third-order valence-corrected chi connectivity index (χ3v) is 4.14. The summed E-state index contributed by atoms with van der Waals surface area (Å²) in [6.07, 6.45) is 0.250. The molecular formula is C18H26N4O3. The highest BCUT2D eigenvalue weighted by atomic mass is 16.2. The minimum atomic E-state index is -0.248. The summed E-state index contributed by atoms with van der Waals surface area (Å²) in [4.78, 5) is 39.7. The van der Waals surface area contributed by atoms with Gasteiger partial charge in [0.25, 0.3) is 5.91 Å². The van der Waals surface area contributed by atoms with Crippen LogP contribution in [0.15, 0.2) is 30.3 Å². The molecule has 0 aromatic heterocycles. The minimum Gasteiger partial charge on any atom is -0.349 e. The van der Waals surface area contributed by atoms with Crippen molar-refractivity contribution in [2.24, 2.45) is 0 Å². The van der Waals surface area contributed by atoms with Gasteiger partial charge in [0.05, 0.1) is 0 Å². The maximum absolute atomic E-state index is 12.4. The first-order chi connectivity index (χ1) is 12.0. The lowest BCUT2D eigenvalue weighted by molar-refractivity contribution is -0.133. The maximum atomic E-state index is 12.4. The van der Waals surface area contributed by atoms with E-state index in [1.54, 1.807) is 34.1 Å². The number of piperazine rings is 1. The molecular weight excluding hydrogens is 320 g/mol. The summed E-state index contributed by atoms with van der Waals surface area (Å²) in [6.45, 7) is 6.40. The monoisotopic (exact) mass is 346 g/mol. The molecule has 0 spiro atoms. The SMILES string of the molecule is CCNC(=O)N1CCN(C(=O)CC(C)NC(=O)c2ccccc2)CC1. The van der Waals surface area contributed by atoms with Gasteiger partial charge in [-0.05, 0) is 26.0 Å². The van der Waals surface area contributed by atoms with Crippen molar-refractivity contribution in [3.05, 3.63) is 35.9 Å². The Morgan fingerprint density at radius 2 is 1.64 bits per heavy atom. The number of nitrogens with zero attached hydrogens (tertiary/aromatic N) is 2. The molecule has 4 amide bonds. The second-order valence-corrected chi connectivity index (χ2v) is 6.15. The zero-order valence-corrected chi connectivity index (χ0v) is 14.8. The zero-order chi connectivity index (χ0) is 18.2. The zero-order valence-electron chi connectivity index (χ0n) is 14.8. The highest BCUT2D eigenvalue weighted by molar-refractivity contribution is 5.94. The number of carbonyl (C=O) groups is 3. The maximum Gasteiger partial charge on any atom is 0.317 e. The minimum absolute atomic E-state index is 0.00332. The van der Waals surface area contributed by atoms with Gasteiger partial charge >= 0.3 is 6.03 Å². The molecule has 1 saturated heterocycles. The van der Waals surface area contributed by atoms with Crippen LogP contribution >= 0.6 is 0 Å². The molecule has 0 aliphatic carbocycles. The summed E-state index contributed by atoms with van der Waals surface area (Å²) in [5.74, 6) is -0.182. The van der Waals surface area contributed by atoms with E-state index in [0.717, 1.165) is 0 Å².